The van der Waals surface area contributed by atoms with Crippen molar-refractivity contribution in [3.8, 4) is 11.6 Å². The van der Waals surface area contributed by atoms with E-state index in [4.69, 9.17) is 5.73 Å². The van der Waals surface area contributed by atoms with Gasteiger partial charge in [0.1, 0.15) is 12.1 Å². The van der Waals surface area contributed by atoms with Crippen LogP contribution in [-0.2, 0) is 6.42 Å². The van der Waals surface area contributed by atoms with E-state index in [2.05, 4.69) is 25.1 Å². The zero-order valence-electron chi connectivity index (χ0n) is 8.65. The summed E-state index contributed by atoms with van der Waals surface area (Å²) in [6, 6.07) is 0. The van der Waals surface area contributed by atoms with E-state index in [1.165, 1.54) is 6.33 Å². The molecule has 6 heteroatoms. The Labute approximate surface area is 87.0 Å². The van der Waals surface area contributed by atoms with E-state index >= 15 is 0 Å². The second-order valence-electron chi connectivity index (χ2n) is 3.18. The lowest BCUT2D eigenvalue weighted by atomic mass is 10.2. The van der Waals surface area contributed by atoms with Gasteiger partial charge in [0.15, 0.2) is 11.6 Å². The number of nitrogens with one attached hydrogen (secondary N) is 1. The molecule has 2 rings (SSSR count). The topological polar surface area (TPSA) is 93.4 Å². The Morgan fingerprint density at radius 1 is 1.40 bits per heavy atom. The minimum Gasteiger partial charge on any atom is -0.383 e. The molecule has 0 radical (unpaired) electrons. The van der Waals surface area contributed by atoms with Crippen molar-refractivity contribution >= 4 is 5.82 Å². The molecule has 0 aliphatic rings. The largest absolute Gasteiger partial charge is 0.383 e. The summed E-state index contributed by atoms with van der Waals surface area (Å²) in [6.07, 6.45) is 2.24. The minimum atomic E-state index is 0.486. The molecule has 2 aromatic heterocycles. The average molecular weight is 204 g/mol. The molecular weight excluding hydrogens is 192 g/mol. The first kappa shape index (κ1) is 9.57. The van der Waals surface area contributed by atoms with Crippen LogP contribution in [0, 0.1) is 6.92 Å². The molecule has 0 amide bonds. The standard InChI is InChI=1S/C9H12N6/c1-3-6-5(2)13-9(14-7(6)10)8-11-4-12-15-8/h4H,3H2,1-2H3,(H2,10,13,14)(H,11,12,15). The quantitative estimate of drug-likeness (QED) is 0.751. The van der Waals surface area contributed by atoms with E-state index in [0.717, 1.165) is 17.7 Å². The Kier molecular flexibility index (Phi) is 2.32. The predicted molar refractivity (Wildman–Crippen MR) is 55.9 cm³/mol. The maximum Gasteiger partial charge on any atom is 0.199 e. The molecule has 0 atom stereocenters. The smallest absolute Gasteiger partial charge is 0.199 e. The van der Waals surface area contributed by atoms with E-state index in [1.807, 2.05) is 13.8 Å². The van der Waals surface area contributed by atoms with Crippen LogP contribution in [0.3, 0.4) is 0 Å². The minimum absolute atomic E-state index is 0.486. The van der Waals surface area contributed by atoms with Gasteiger partial charge in [-0.15, -0.1) is 0 Å². The number of hydrogen-bond donors (Lipinski definition) is 2. The molecule has 6 nitrogen and oxygen atoms in total. The molecule has 78 valence electrons. The Morgan fingerprint density at radius 2 is 2.20 bits per heavy atom. The van der Waals surface area contributed by atoms with Crippen molar-refractivity contribution in [3.05, 3.63) is 17.6 Å². The molecule has 2 heterocycles. The molecule has 0 saturated carbocycles. The first-order chi connectivity index (χ1) is 7.22. The van der Waals surface area contributed by atoms with Gasteiger partial charge < -0.3 is 5.73 Å². The first-order valence-corrected chi connectivity index (χ1v) is 4.71. The van der Waals surface area contributed by atoms with Crippen molar-refractivity contribution in [2.45, 2.75) is 20.3 Å². The van der Waals surface area contributed by atoms with Crippen molar-refractivity contribution < 1.29 is 0 Å². The van der Waals surface area contributed by atoms with Crippen molar-refractivity contribution in [3.63, 3.8) is 0 Å². The molecule has 15 heavy (non-hydrogen) atoms. The summed E-state index contributed by atoms with van der Waals surface area (Å²) < 4.78 is 0. The van der Waals surface area contributed by atoms with Crippen LogP contribution in [-0.4, -0.2) is 25.1 Å². The number of nitrogens with zero attached hydrogens (tertiary/aromatic N) is 4. The van der Waals surface area contributed by atoms with Crippen molar-refractivity contribution in [1.29, 1.82) is 0 Å². The number of nitrogen functional groups attached to an aromatic ring is 1. The zero-order chi connectivity index (χ0) is 10.8. The van der Waals surface area contributed by atoms with E-state index in [0.29, 0.717) is 17.5 Å². The van der Waals surface area contributed by atoms with E-state index in [9.17, 15) is 0 Å². The normalized spacial score (nSPS) is 10.5. The molecule has 0 saturated heterocycles. The molecule has 0 unspecified atom stereocenters. The van der Waals surface area contributed by atoms with Gasteiger partial charge in [0.25, 0.3) is 0 Å². The summed E-state index contributed by atoms with van der Waals surface area (Å²) in [4.78, 5) is 12.5. The Morgan fingerprint density at radius 3 is 2.73 bits per heavy atom. The van der Waals surface area contributed by atoms with Crippen LogP contribution in [0.5, 0.6) is 0 Å². The molecule has 3 N–H and O–H groups in total. The van der Waals surface area contributed by atoms with Gasteiger partial charge in [-0.05, 0) is 13.3 Å². The van der Waals surface area contributed by atoms with Crippen LogP contribution in [0.2, 0.25) is 0 Å². The van der Waals surface area contributed by atoms with Crippen LogP contribution in [0.1, 0.15) is 18.2 Å². The highest BCUT2D eigenvalue weighted by Crippen LogP contribution is 2.17. The average Bonchev–Trinajstić information content (AvgIpc) is 2.69. The fourth-order valence-electron chi connectivity index (χ4n) is 1.47. The zero-order valence-corrected chi connectivity index (χ0v) is 8.65. The molecule has 0 aliphatic heterocycles. The summed E-state index contributed by atoms with van der Waals surface area (Å²) in [5, 5.41) is 6.45. The summed E-state index contributed by atoms with van der Waals surface area (Å²) >= 11 is 0. The lowest BCUT2D eigenvalue weighted by Gasteiger charge is -2.06. The number of aromatic amines is 1. The monoisotopic (exact) mass is 204 g/mol. The highest BCUT2D eigenvalue weighted by molar-refractivity contribution is 5.51. The summed E-state index contributed by atoms with van der Waals surface area (Å²) in [7, 11) is 0. The lowest BCUT2D eigenvalue weighted by Crippen LogP contribution is -2.05. The van der Waals surface area contributed by atoms with Gasteiger partial charge in [0.2, 0.25) is 0 Å². The fourth-order valence-corrected chi connectivity index (χ4v) is 1.47. The number of nitrogens with two attached hydrogens (primary N) is 1. The lowest BCUT2D eigenvalue weighted by molar-refractivity contribution is 0.990. The van der Waals surface area contributed by atoms with Crippen LogP contribution >= 0.6 is 0 Å². The van der Waals surface area contributed by atoms with E-state index in [-0.39, 0.29) is 0 Å². The van der Waals surface area contributed by atoms with Crippen LogP contribution in [0.25, 0.3) is 11.6 Å². The molecule has 2 aromatic rings. The summed E-state index contributed by atoms with van der Waals surface area (Å²) in [5.74, 6) is 1.53. The summed E-state index contributed by atoms with van der Waals surface area (Å²) in [6.45, 7) is 3.94. The van der Waals surface area contributed by atoms with Gasteiger partial charge in [-0.1, -0.05) is 6.92 Å². The Hall–Kier alpha value is -1.98. The van der Waals surface area contributed by atoms with Gasteiger partial charge in [-0.3, -0.25) is 5.10 Å². The van der Waals surface area contributed by atoms with Gasteiger partial charge in [0, 0.05) is 11.3 Å². The van der Waals surface area contributed by atoms with Gasteiger partial charge in [-0.2, -0.15) is 5.10 Å². The second-order valence-corrected chi connectivity index (χ2v) is 3.18. The van der Waals surface area contributed by atoms with Crippen LogP contribution < -0.4 is 5.73 Å². The Bertz CT molecular complexity index is 438. The first-order valence-electron chi connectivity index (χ1n) is 4.71. The van der Waals surface area contributed by atoms with Crippen LogP contribution in [0.4, 0.5) is 5.82 Å². The van der Waals surface area contributed by atoms with E-state index < -0.39 is 0 Å². The van der Waals surface area contributed by atoms with Gasteiger partial charge >= 0.3 is 0 Å². The number of aryl methyl sites for hydroxylation is 1. The third kappa shape index (κ3) is 1.65. The molecule has 0 bridgehead atoms. The van der Waals surface area contributed by atoms with Crippen molar-refractivity contribution in [2.24, 2.45) is 0 Å². The second kappa shape index (κ2) is 3.64. The maximum atomic E-state index is 5.83. The maximum absolute atomic E-state index is 5.83. The third-order valence-corrected chi connectivity index (χ3v) is 2.23. The fraction of sp³-hybridized carbons (Fsp3) is 0.333. The van der Waals surface area contributed by atoms with Crippen molar-refractivity contribution in [2.75, 3.05) is 5.73 Å². The molecule has 0 aliphatic carbocycles. The number of aromatic nitrogens is 5. The highest BCUT2D eigenvalue weighted by atomic mass is 15.2. The number of anilines is 1. The number of H-pyrrole nitrogens is 1. The Balaban J connectivity index is 2.53. The summed E-state index contributed by atoms with van der Waals surface area (Å²) in [5.41, 5.74) is 7.70. The predicted octanol–water partition coefficient (Wildman–Crippen LogP) is 0.715. The molecule has 0 spiro atoms. The van der Waals surface area contributed by atoms with Gasteiger partial charge in [-0.25, -0.2) is 15.0 Å². The van der Waals surface area contributed by atoms with E-state index in [1.54, 1.807) is 0 Å². The SMILES string of the molecule is CCc1c(C)nc(-c2ncn[nH]2)nc1N. The number of rotatable bonds is 2. The molecule has 0 aromatic carbocycles. The number of hydrogen-bond acceptors (Lipinski definition) is 5. The molecular formula is C9H12N6. The van der Waals surface area contributed by atoms with Crippen molar-refractivity contribution in [1.82, 2.24) is 25.1 Å². The highest BCUT2D eigenvalue weighted by Gasteiger charge is 2.10. The van der Waals surface area contributed by atoms with Crippen LogP contribution in [0.15, 0.2) is 6.33 Å². The van der Waals surface area contributed by atoms with Gasteiger partial charge in [0.05, 0.1) is 0 Å². The molecule has 0 fully saturated rings. The third-order valence-electron chi connectivity index (χ3n) is 2.23.